The summed E-state index contributed by atoms with van der Waals surface area (Å²) >= 11 is 0. The van der Waals surface area contributed by atoms with Gasteiger partial charge in [0.2, 0.25) is 10.0 Å². The van der Waals surface area contributed by atoms with Crippen molar-refractivity contribution in [2.24, 2.45) is 5.92 Å². The van der Waals surface area contributed by atoms with Gasteiger partial charge < -0.3 is 0 Å². The molecular weight excluding hydrogens is 274 g/mol. The van der Waals surface area contributed by atoms with Gasteiger partial charge in [-0.1, -0.05) is 12.8 Å². The Kier molecular flexibility index (Phi) is 4.12. The van der Waals surface area contributed by atoms with Gasteiger partial charge in [-0.25, -0.2) is 12.7 Å². The van der Waals surface area contributed by atoms with Crippen LogP contribution in [0, 0.1) is 5.92 Å². The van der Waals surface area contributed by atoms with E-state index in [9.17, 15) is 8.42 Å². The average molecular weight is 297 g/mol. The molecule has 2 fully saturated rings. The van der Waals surface area contributed by atoms with Gasteiger partial charge >= 0.3 is 0 Å². The maximum Gasteiger partial charge on any atom is 0.216 e. The first-order chi connectivity index (χ1) is 9.66. The number of nitrogens with zero attached hydrogens (tertiary/aromatic N) is 2. The van der Waals surface area contributed by atoms with Gasteiger partial charge in [-0.15, -0.1) is 0 Å². The maximum absolute atomic E-state index is 12.6. The SMILES string of the molecule is O=S(=O)(C1CCCC1)N1CCC[C@H](Cc2ccn[nH]2)C1. The van der Waals surface area contributed by atoms with Gasteiger partial charge in [0, 0.05) is 25.0 Å². The van der Waals surface area contributed by atoms with Gasteiger partial charge in [0.15, 0.2) is 0 Å². The standard InChI is InChI=1S/C14H23N3O2S/c18-20(19,14-5-1-2-6-14)17-9-3-4-12(11-17)10-13-7-8-15-16-13/h7-8,12,14H,1-6,9-11H2,(H,15,16)/t12-/m1/s1. The van der Waals surface area contributed by atoms with E-state index >= 15 is 0 Å². The van der Waals surface area contributed by atoms with E-state index in [1.807, 2.05) is 6.07 Å². The van der Waals surface area contributed by atoms with Crippen LogP contribution in [0.3, 0.4) is 0 Å². The first kappa shape index (κ1) is 14.1. The topological polar surface area (TPSA) is 66.1 Å². The quantitative estimate of drug-likeness (QED) is 0.923. The largest absolute Gasteiger partial charge is 0.283 e. The van der Waals surface area contributed by atoms with Crippen LogP contribution in [0.4, 0.5) is 0 Å². The third-order valence-corrected chi connectivity index (χ3v) is 7.00. The van der Waals surface area contributed by atoms with Crippen molar-refractivity contribution in [1.29, 1.82) is 0 Å². The molecule has 1 aliphatic heterocycles. The predicted molar refractivity (Wildman–Crippen MR) is 77.8 cm³/mol. The van der Waals surface area contributed by atoms with Crippen LogP contribution in [-0.2, 0) is 16.4 Å². The number of piperidine rings is 1. The minimum Gasteiger partial charge on any atom is -0.283 e. The van der Waals surface area contributed by atoms with E-state index in [2.05, 4.69) is 10.2 Å². The lowest BCUT2D eigenvalue weighted by Crippen LogP contribution is -2.44. The molecular formula is C14H23N3O2S. The van der Waals surface area contributed by atoms with E-state index in [1.54, 1.807) is 10.5 Å². The molecule has 2 heterocycles. The molecule has 0 bridgehead atoms. The number of aromatic nitrogens is 2. The highest BCUT2D eigenvalue weighted by Crippen LogP contribution is 2.30. The summed E-state index contributed by atoms with van der Waals surface area (Å²) in [5.74, 6) is 0.417. The summed E-state index contributed by atoms with van der Waals surface area (Å²) in [6, 6.07) is 1.98. The number of sulfonamides is 1. The minimum absolute atomic E-state index is 0.117. The highest BCUT2D eigenvalue weighted by molar-refractivity contribution is 7.89. The lowest BCUT2D eigenvalue weighted by molar-refractivity contribution is 0.262. The van der Waals surface area contributed by atoms with E-state index in [4.69, 9.17) is 0 Å². The summed E-state index contributed by atoms with van der Waals surface area (Å²) < 4.78 is 27.0. The smallest absolute Gasteiger partial charge is 0.216 e. The van der Waals surface area contributed by atoms with Gasteiger partial charge in [0.1, 0.15) is 0 Å². The normalized spacial score (nSPS) is 26.1. The summed E-state index contributed by atoms with van der Waals surface area (Å²) in [7, 11) is -3.07. The number of aromatic amines is 1. The lowest BCUT2D eigenvalue weighted by atomic mass is 9.95. The molecule has 1 atom stereocenters. The highest BCUT2D eigenvalue weighted by Gasteiger charge is 2.36. The summed E-state index contributed by atoms with van der Waals surface area (Å²) in [6.45, 7) is 1.39. The van der Waals surface area contributed by atoms with E-state index in [1.165, 1.54) is 0 Å². The van der Waals surface area contributed by atoms with Crippen molar-refractivity contribution >= 4 is 10.0 Å². The molecule has 5 nitrogen and oxygen atoms in total. The van der Waals surface area contributed by atoms with Crippen molar-refractivity contribution in [3.05, 3.63) is 18.0 Å². The Morgan fingerprint density at radius 1 is 1.25 bits per heavy atom. The fourth-order valence-electron chi connectivity index (χ4n) is 3.53. The van der Waals surface area contributed by atoms with E-state index in [0.717, 1.165) is 50.6 Å². The van der Waals surface area contributed by atoms with Crippen LogP contribution in [0.1, 0.15) is 44.2 Å². The summed E-state index contributed by atoms with van der Waals surface area (Å²) in [4.78, 5) is 0. The predicted octanol–water partition coefficient (Wildman–Crippen LogP) is 1.94. The number of hydrogen-bond acceptors (Lipinski definition) is 3. The molecule has 0 radical (unpaired) electrons. The highest BCUT2D eigenvalue weighted by atomic mass is 32.2. The average Bonchev–Trinajstić information content (AvgIpc) is 3.12. The van der Waals surface area contributed by atoms with Crippen LogP contribution in [0.5, 0.6) is 0 Å². The zero-order chi connectivity index (χ0) is 14.0. The number of nitrogens with one attached hydrogen (secondary N) is 1. The Bertz CT molecular complexity index is 521. The molecule has 2 aliphatic rings. The van der Waals surface area contributed by atoms with E-state index < -0.39 is 10.0 Å². The van der Waals surface area contributed by atoms with Crippen molar-refractivity contribution in [2.75, 3.05) is 13.1 Å². The molecule has 1 N–H and O–H groups in total. The molecule has 1 aliphatic carbocycles. The van der Waals surface area contributed by atoms with Gasteiger partial charge in [0.05, 0.1) is 5.25 Å². The van der Waals surface area contributed by atoms with Gasteiger partial charge in [-0.3, -0.25) is 5.10 Å². The van der Waals surface area contributed by atoms with Crippen LogP contribution in [0.2, 0.25) is 0 Å². The van der Waals surface area contributed by atoms with Crippen molar-refractivity contribution in [2.45, 2.75) is 50.2 Å². The Morgan fingerprint density at radius 2 is 2.05 bits per heavy atom. The first-order valence-corrected chi connectivity index (χ1v) is 9.14. The van der Waals surface area contributed by atoms with Gasteiger partial charge in [-0.05, 0) is 44.1 Å². The third kappa shape index (κ3) is 2.91. The second-order valence-corrected chi connectivity index (χ2v) is 8.32. The Labute approximate surface area is 120 Å². The Morgan fingerprint density at radius 3 is 2.75 bits per heavy atom. The van der Waals surface area contributed by atoms with Crippen molar-refractivity contribution in [3.8, 4) is 0 Å². The maximum atomic E-state index is 12.6. The Balaban J connectivity index is 1.65. The molecule has 112 valence electrons. The second-order valence-electron chi connectivity index (χ2n) is 6.10. The van der Waals surface area contributed by atoms with E-state index in [-0.39, 0.29) is 5.25 Å². The minimum atomic E-state index is -3.07. The molecule has 0 unspecified atom stereocenters. The molecule has 3 rings (SSSR count). The summed E-state index contributed by atoms with van der Waals surface area (Å²) in [6.07, 6.45) is 8.57. The molecule has 1 aromatic heterocycles. The van der Waals surface area contributed by atoms with Crippen LogP contribution >= 0.6 is 0 Å². The van der Waals surface area contributed by atoms with Crippen LogP contribution < -0.4 is 0 Å². The molecule has 20 heavy (non-hydrogen) atoms. The molecule has 1 saturated carbocycles. The molecule has 6 heteroatoms. The molecule has 1 saturated heterocycles. The van der Waals surface area contributed by atoms with Gasteiger partial charge in [-0.2, -0.15) is 5.10 Å². The molecule has 1 aromatic rings. The van der Waals surface area contributed by atoms with Crippen molar-refractivity contribution < 1.29 is 8.42 Å². The Hall–Kier alpha value is -0.880. The van der Waals surface area contributed by atoms with Crippen LogP contribution in [0.15, 0.2) is 12.3 Å². The monoisotopic (exact) mass is 297 g/mol. The fourth-order valence-corrected chi connectivity index (χ4v) is 5.68. The lowest BCUT2D eigenvalue weighted by Gasteiger charge is -2.33. The van der Waals surface area contributed by atoms with Crippen molar-refractivity contribution in [3.63, 3.8) is 0 Å². The fraction of sp³-hybridized carbons (Fsp3) is 0.786. The summed E-state index contributed by atoms with van der Waals surface area (Å²) in [5.41, 5.74) is 1.11. The van der Waals surface area contributed by atoms with Crippen molar-refractivity contribution in [1.82, 2.24) is 14.5 Å². The molecule has 0 amide bonds. The zero-order valence-corrected chi connectivity index (χ0v) is 12.6. The summed E-state index contributed by atoms with van der Waals surface area (Å²) in [5, 5.41) is 6.82. The number of rotatable bonds is 4. The third-order valence-electron chi connectivity index (χ3n) is 4.63. The first-order valence-electron chi connectivity index (χ1n) is 7.63. The van der Waals surface area contributed by atoms with Crippen LogP contribution in [-0.4, -0.2) is 41.3 Å². The van der Waals surface area contributed by atoms with Gasteiger partial charge in [0.25, 0.3) is 0 Å². The number of H-pyrrole nitrogens is 1. The van der Waals surface area contributed by atoms with Crippen LogP contribution in [0.25, 0.3) is 0 Å². The number of hydrogen-bond donors (Lipinski definition) is 1. The molecule has 0 spiro atoms. The second kappa shape index (κ2) is 5.85. The van der Waals surface area contributed by atoms with E-state index in [0.29, 0.717) is 19.0 Å². The zero-order valence-electron chi connectivity index (χ0n) is 11.8. The molecule has 0 aromatic carbocycles.